The van der Waals surface area contributed by atoms with Gasteiger partial charge in [0, 0.05) is 0 Å². The number of aliphatic hydroxyl groups is 3. The van der Waals surface area contributed by atoms with Crippen LogP contribution in [0.3, 0.4) is 0 Å². The van der Waals surface area contributed by atoms with Crippen LogP contribution in [0.25, 0.3) is 0 Å². The minimum atomic E-state index is -1.11. The molecule has 0 radical (unpaired) electrons. The standard InChI is InChI=1S/C45H81NO4/c1-3-5-7-9-11-13-15-17-19-21-22-23-24-26-28-30-32-34-36-38-40-44(49)45(50)46-42(41-47)43(48)39-37-35-33-31-29-27-25-20-18-16-14-12-10-8-6-4-2/h5,7,11,13,18,20,29,31,37,39,42-44,47-49H,3-4,6,8-10,12,14-17,19,21-28,30,32-36,38,40-41H2,1-2H3,(H,46,50)/b7-5-,13-11-,20-18+,31-29+,39-37+. The normalized spacial score (nSPS) is 14.3. The first-order valence-electron chi connectivity index (χ1n) is 21.1. The number of nitrogens with one attached hydrogen (secondary N) is 1. The van der Waals surface area contributed by atoms with Gasteiger partial charge in [0.1, 0.15) is 6.10 Å². The van der Waals surface area contributed by atoms with Crippen LogP contribution in [-0.2, 0) is 4.79 Å². The van der Waals surface area contributed by atoms with E-state index in [1.807, 2.05) is 6.08 Å². The van der Waals surface area contributed by atoms with E-state index < -0.39 is 24.2 Å². The second-order valence-corrected chi connectivity index (χ2v) is 14.1. The maximum absolute atomic E-state index is 12.4. The van der Waals surface area contributed by atoms with Crippen molar-refractivity contribution in [1.29, 1.82) is 0 Å². The Morgan fingerprint density at radius 3 is 1.44 bits per heavy atom. The molecule has 1 amide bonds. The Balaban J connectivity index is 3.74. The zero-order valence-electron chi connectivity index (χ0n) is 32.8. The van der Waals surface area contributed by atoms with Crippen molar-refractivity contribution < 1.29 is 20.1 Å². The Morgan fingerprint density at radius 2 is 0.940 bits per heavy atom. The summed E-state index contributed by atoms with van der Waals surface area (Å²) in [5.41, 5.74) is 0. The SMILES string of the molecule is CC/C=C\C/C=C\CCCCCCCCCCCCCCCC(O)C(=O)NC(CO)C(O)/C=C/CC/C=C/CC/C=C/CCCCCCCC. The second kappa shape index (κ2) is 39.8. The zero-order valence-corrected chi connectivity index (χ0v) is 32.8. The topological polar surface area (TPSA) is 89.8 Å². The van der Waals surface area contributed by atoms with Crippen molar-refractivity contribution in [1.82, 2.24) is 5.32 Å². The summed E-state index contributed by atoms with van der Waals surface area (Å²) in [5, 5.41) is 33.1. The highest BCUT2D eigenvalue weighted by atomic mass is 16.3. The van der Waals surface area contributed by atoms with E-state index in [4.69, 9.17) is 0 Å². The van der Waals surface area contributed by atoms with Crippen LogP contribution in [0.15, 0.2) is 60.8 Å². The largest absolute Gasteiger partial charge is 0.394 e. The molecule has 50 heavy (non-hydrogen) atoms. The van der Waals surface area contributed by atoms with Gasteiger partial charge in [-0.25, -0.2) is 0 Å². The minimum Gasteiger partial charge on any atom is -0.394 e. The van der Waals surface area contributed by atoms with E-state index in [0.29, 0.717) is 6.42 Å². The quantitative estimate of drug-likeness (QED) is 0.0384. The van der Waals surface area contributed by atoms with E-state index in [1.165, 1.54) is 116 Å². The number of hydrogen-bond donors (Lipinski definition) is 4. The molecule has 0 spiro atoms. The number of unbranched alkanes of at least 4 members (excludes halogenated alkanes) is 21. The molecule has 0 saturated carbocycles. The lowest BCUT2D eigenvalue weighted by atomic mass is 10.0. The number of rotatable bonds is 37. The molecule has 0 aromatic carbocycles. The van der Waals surface area contributed by atoms with Crippen LogP contribution < -0.4 is 5.32 Å². The Labute approximate surface area is 309 Å². The van der Waals surface area contributed by atoms with Crippen molar-refractivity contribution in [3.63, 3.8) is 0 Å². The average molecular weight is 700 g/mol. The van der Waals surface area contributed by atoms with Gasteiger partial charge >= 0.3 is 0 Å². The molecule has 0 bridgehead atoms. The number of carbonyl (C=O) groups excluding carboxylic acids is 1. The predicted molar refractivity (Wildman–Crippen MR) is 217 cm³/mol. The highest BCUT2D eigenvalue weighted by Crippen LogP contribution is 2.14. The first-order chi connectivity index (χ1) is 24.6. The lowest BCUT2D eigenvalue weighted by Gasteiger charge is -2.21. The van der Waals surface area contributed by atoms with Gasteiger partial charge in [0.05, 0.1) is 18.8 Å². The first kappa shape index (κ1) is 48.0. The summed E-state index contributed by atoms with van der Waals surface area (Å²) in [6.45, 7) is 4.04. The number of carbonyl (C=O) groups is 1. The molecule has 0 aromatic heterocycles. The average Bonchev–Trinajstić information content (AvgIpc) is 3.12. The molecule has 290 valence electrons. The van der Waals surface area contributed by atoms with E-state index >= 15 is 0 Å². The van der Waals surface area contributed by atoms with Crippen molar-refractivity contribution >= 4 is 5.91 Å². The molecule has 0 aliphatic heterocycles. The fourth-order valence-electron chi connectivity index (χ4n) is 6.02. The summed E-state index contributed by atoms with van der Waals surface area (Å²) in [6, 6.07) is -0.822. The number of amides is 1. The summed E-state index contributed by atoms with van der Waals surface area (Å²) in [7, 11) is 0. The molecule has 0 fully saturated rings. The minimum absolute atomic E-state index is 0.383. The maximum atomic E-state index is 12.4. The molecule has 0 aliphatic rings. The van der Waals surface area contributed by atoms with Crippen molar-refractivity contribution in [3.8, 4) is 0 Å². The molecule has 0 heterocycles. The van der Waals surface area contributed by atoms with Crippen molar-refractivity contribution in [2.75, 3.05) is 6.61 Å². The van der Waals surface area contributed by atoms with Crippen LogP contribution in [-0.4, -0.2) is 46.1 Å². The van der Waals surface area contributed by atoms with Crippen molar-refractivity contribution in [2.24, 2.45) is 0 Å². The van der Waals surface area contributed by atoms with Gasteiger partial charge in [0.2, 0.25) is 5.91 Å². The van der Waals surface area contributed by atoms with Gasteiger partial charge in [-0.1, -0.05) is 184 Å². The number of allylic oxidation sites excluding steroid dienone is 9. The first-order valence-corrected chi connectivity index (χ1v) is 21.1. The molecule has 0 aliphatic carbocycles. The molecule has 5 heteroatoms. The third-order valence-electron chi connectivity index (χ3n) is 9.32. The lowest BCUT2D eigenvalue weighted by Crippen LogP contribution is -2.48. The molecular formula is C45H81NO4. The zero-order chi connectivity index (χ0) is 36.6. The van der Waals surface area contributed by atoms with Crippen molar-refractivity contribution in [2.45, 2.75) is 212 Å². The molecule has 5 nitrogen and oxygen atoms in total. The molecule has 4 N–H and O–H groups in total. The Hall–Kier alpha value is -1.95. The van der Waals surface area contributed by atoms with Crippen LogP contribution >= 0.6 is 0 Å². The summed E-state index contributed by atoms with van der Waals surface area (Å²) >= 11 is 0. The third-order valence-corrected chi connectivity index (χ3v) is 9.32. The molecule has 3 atom stereocenters. The van der Waals surface area contributed by atoms with Crippen molar-refractivity contribution in [3.05, 3.63) is 60.8 Å². The van der Waals surface area contributed by atoms with Gasteiger partial charge in [-0.2, -0.15) is 0 Å². The van der Waals surface area contributed by atoms with Gasteiger partial charge in [-0.15, -0.1) is 0 Å². The van der Waals surface area contributed by atoms with E-state index in [-0.39, 0.29) is 6.61 Å². The predicted octanol–water partition coefficient (Wildman–Crippen LogP) is 11.9. The summed E-state index contributed by atoms with van der Waals surface area (Å²) in [4.78, 5) is 12.4. The van der Waals surface area contributed by atoms with E-state index in [9.17, 15) is 20.1 Å². The Morgan fingerprint density at radius 1 is 0.520 bits per heavy atom. The maximum Gasteiger partial charge on any atom is 0.249 e. The van der Waals surface area contributed by atoms with Crippen LogP contribution in [0.4, 0.5) is 0 Å². The van der Waals surface area contributed by atoms with Gasteiger partial charge < -0.3 is 20.6 Å². The van der Waals surface area contributed by atoms with E-state index in [0.717, 1.165) is 57.8 Å². The van der Waals surface area contributed by atoms with Gasteiger partial charge in [-0.3, -0.25) is 4.79 Å². The highest BCUT2D eigenvalue weighted by molar-refractivity contribution is 5.80. The molecule has 0 rings (SSSR count). The lowest BCUT2D eigenvalue weighted by molar-refractivity contribution is -0.131. The number of aliphatic hydroxyl groups excluding tert-OH is 3. The van der Waals surface area contributed by atoms with E-state index in [1.54, 1.807) is 6.08 Å². The van der Waals surface area contributed by atoms with Crippen LogP contribution in [0.2, 0.25) is 0 Å². The van der Waals surface area contributed by atoms with Crippen LogP contribution in [0.1, 0.15) is 194 Å². The van der Waals surface area contributed by atoms with Gasteiger partial charge in [0.25, 0.3) is 0 Å². The third kappa shape index (κ3) is 34.5. The Kier molecular flexibility index (Phi) is 38.3. The second-order valence-electron chi connectivity index (χ2n) is 14.1. The Bertz CT molecular complexity index is 861. The highest BCUT2D eigenvalue weighted by Gasteiger charge is 2.22. The summed E-state index contributed by atoms with van der Waals surface area (Å²) in [5.74, 6) is -0.521. The number of hydrogen-bond acceptors (Lipinski definition) is 4. The van der Waals surface area contributed by atoms with Crippen LogP contribution in [0, 0.1) is 0 Å². The van der Waals surface area contributed by atoms with Crippen LogP contribution in [0.5, 0.6) is 0 Å². The molecule has 3 unspecified atom stereocenters. The van der Waals surface area contributed by atoms with Gasteiger partial charge in [0.15, 0.2) is 0 Å². The molecule has 0 saturated heterocycles. The summed E-state index contributed by atoms with van der Waals surface area (Å²) < 4.78 is 0. The van der Waals surface area contributed by atoms with E-state index in [2.05, 4.69) is 67.8 Å². The van der Waals surface area contributed by atoms with Gasteiger partial charge in [-0.05, 0) is 70.6 Å². The summed E-state index contributed by atoms with van der Waals surface area (Å²) in [6.07, 6.45) is 52.5. The molecule has 0 aromatic rings. The molecular weight excluding hydrogens is 618 g/mol. The monoisotopic (exact) mass is 700 g/mol. The fraction of sp³-hybridized carbons (Fsp3) is 0.756. The fourth-order valence-corrected chi connectivity index (χ4v) is 6.02. The smallest absolute Gasteiger partial charge is 0.249 e.